The molecule has 12 nitrogen and oxygen atoms in total. The Morgan fingerprint density at radius 1 is 0.955 bits per heavy atom. The number of amides is 3. The minimum Gasteiger partial charge on any atom is -0.481 e. The molecule has 0 saturated carbocycles. The number of nitrogens with zero attached hydrogens (tertiary/aromatic N) is 3. The summed E-state index contributed by atoms with van der Waals surface area (Å²) < 4.78 is 16.6. The minimum absolute atomic E-state index is 0.0215. The van der Waals surface area contributed by atoms with E-state index in [-0.39, 0.29) is 30.4 Å². The van der Waals surface area contributed by atoms with Gasteiger partial charge in [0.1, 0.15) is 17.5 Å². The predicted molar refractivity (Wildman–Crippen MR) is 161 cm³/mol. The van der Waals surface area contributed by atoms with Crippen LogP contribution >= 0.6 is 0 Å². The van der Waals surface area contributed by atoms with Gasteiger partial charge in [0.2, 0.25) is 5.91 Å². The first-order valence-corrected chi connectivity index (χ1v) is 14.7. The molecule has 3 aromatic rings. The summed E-state index contributed by atoms with van der Waals surface area (Å²) in [6.07, 6.45) is 1.51. The molecule has 234 valence electrons. The van der Waals surface area contributed by atoms with Crippen molar-refractivity contribution in [2.75, 3.05) is 46.0 Å². The molecule has 0 spiro atoms. The predicted octanol–water partition coefficient (Wildman–Crippen LogP) is 3.48. The molecule has 1 aliphatic heterocycles. The number of para-hydroxylation sites is 1. The number of ether oxygens (including phenoxy) is 3. The number of nitrogens with one attached hydrogen (secondary N) is 1. The van der Waals surface area contributed by atoms with Crippen molar-refractivity contribution in [3.63, 3.8) is 0 Å². The van der Waals surface area contributed by atoms with Crippen LogP contribution in [0, 0.1) is 0 Å². The van der Waals surface area contributed by atoms with Crippen LogP contribution in [0.4, 0.5) is 4.79 Å². The molecule has 1 atom stereocenters. The number of hydrogen-bond donors (Lipinski definition) is 2. The SMILES string of the molecule is CCCCOC(=O)N1CCN(C(=O)C(CCOCc2ccccc2)NC(=O)c2cc(OCC(=O)O)c3ccccc3n2)CC1. The first-order chi connectivity index (χ1) is 21.4. The summed E-state index contributed by atoms with van der Waals surface area (Å²) in [6.45, 7) is 3.56. The summed E-state index contributed by atoms with van der Waals surface area (Å²) in [6, 6.07) is 17.0. The van der Waals surface area contributed by atoms with E-state index in [2.05, 4.69) is 10.3 Å². The summed E-state index contributed by atoms with van der Waals surface area (Å²) in [5, 5.41) is 12.5. The molecule has 4 rings (SSSR count). The molecule has 2 N–H and O–H groups in total. The zero-order valence-corrected chi connectivity index (χ0v) is 24.8. The average Bonchev–Trinajstić information content (AvgIpc) is 3.05. The van der Waals surface area contributed by atoms with Gasteiger partial charge in [0.05, 0.1) is 18.7 Å². The van der Waals surface area contributed by atoms with E-state index in [9.17, 15) is 19.2 Å². The molecule has 1 fully saturated rings. The Bertz CT molecular complexity index is 1430. The van der Waals surface area contributed by atoms with E-state index >= 15 is 0 Å². The van der Waals surface area contributed by atoms with E-state index in [0.29, 0.717) is 50.3 Å². The smallest absolute Gasteiger partial charge is 0.409 e. The third kappa shape index (κ3) is 9.14. The van der Waals surface area contributed by atoms with Crippen molar-refractivity contribution in [3.8, 4) is 5.75 Å². The second-order valence-electron chi connectivity index (χ2n) is 10.3. The molecule has 44 heavy (non-hydrogen) atoms. The van der Waals surface area contributed by atoms with Gasteiger partial charge in [-0.3, -0.25) is 9.59 Å². The van der Waals surface area contributed by atoms with Gasteiger partial charge in [-0.05, 0) is 30.5 Å². The van der Waals surface area contributed by atoms with Gasteiger partial charge in [-0.15, -0.1) is 0 Å². The van der Waals surface area contributed by atoms with Crippen LogP contribution in [0.25, 0.3) is 10.9 Å². The number of carbonyl (C=O) groups is 4. The van der Waals surface area contributed by atoms with Gasteiger partial charge >= 0.3 is 12.1 Å². The van der Waals surface area contributed by atoms with Crippen molar-refractivity contribution < 1.29 is 38.5 Å². The zero-order chi connectivity index (χ0) is 31.3. The number of aliphatic carboxylic acids is 1. The largest absolute Gasteiger partial charge is 0.481 e. The van der Waals surface area contributed by atoms with Gasteiger partial charge in [0.25, 0.3) is 5.91 Å². The molecular formula is C32H38N4O8. The fraction of sp³-hybridized carbons (Fsp3) is 0.406. The van der Waals surface area contributed by atoms with Gasteiger partial charge in [-0.2, -0.15) is 0 Å². The molecule has 0 bridgehead atoms. The summed E-state index contributed by atoms with van der Waals surface area (Å²) in [4.78, 5) is 58.3. The van der Waals surface area contributed by atoms with Crippen LogP contribution in [0.2, 0.25) is 0 Å². The Labute approximate surface area is 255 Å². The van der Waals surface area contributed by atoms with Gasteiger partial charge < -0.3 is 34.4 Å². The van der Waals surface area contributed by atoms with Crippen molar-refractivity contribution in [3.05, 3.63) is 71.9 Å². The summed E-state index contributed by atoms with van der Waals surface area (Å²) in [5.74, 6) is -1.88. The number of pyridine rings is 1. The number of piperazine rings is 1. The Morgan fingerprint density at radius 3 is 2.39 bits per heavy atom. The lowest BCUT2D eigenvalue weighted by molar-refractivity contribution is -0.139. The number of fused-ring (bicyclic) bond motifs is 1. The Kier molecular flexibility index (Phi) is 11.9. The maximum Gasteiger partial charge on any atom is 0.409 e. The van der Waals surface area contributed by atoms with Crippen molar-refractivity contribution in [1.82, 2.24) is 20.1 Å². The fourth-order valence-electron chi connectivity index (χ4n) is 4.70. The summed E-state index contributed by atoms with van der Waals surface area (Å²) in [7, 11) is 0. The maximum atomic E-state index is 13.7. The third-order valence-corrected chi connectivity index (χ3v) is 7.10. The van der Waals surface area contributed by atoms with Crippen LogP contribution < -0.4 is 10.1 Å². The van der Waals surface area contributed by atoms with Crippen LogP contribution in [0.3, 0.4) is 0 Å². The number of benzene rings is 2. The maximum absolute atomic E-state index is 13.7. The average molecular weight is 607 g/mol. The van der Waals surface area contributed by atoms with Crippen molar-refractivity contribution in [2.45, 2.75) is 38.8 Å². The second kappa shape index (κ2) is 16.2. The second-order valence-corrected chi connectivity index (χ2v) is 10.3. The lowest BCUT2D eigenvalue weighted by atomic mass is 10.1. The van der Waals surface area contributed by atoms with E-state index in [1.54, 1.807) is 34.1 Å². The molecule has 3 amide bonds. The molecule has 12 heteroatoms. The molecule has 2 heterocycles. The van der Waals surface area contributed by atoms with Crippen molar-refractivity contribution in [1.29, 1.82) is 0 Å². The molecule has 2 aromatic carbocycles. The van der Waals surface area contributed by atoms with Crippen molar-refractivity contribution in [2.24, 2.45) is 0 Å². The Balaban J connectivity index is 1.45. The number of unbranched alkanes of at least 4 members (excludes halogenated alkanes) is 1. The van der Waals surface area contributed by atoms with E-state index in [1.807, 2.05) is 37.3 Å². The fourth-order valence-corrected chi connectivity index (χ4v) is 4.70. The van der Waals surface area contributed by atoms with Crippen LogP contribution in [0.5, 0.6) is 5.75 Å². The molecule has 0 radical (unpaired) electrons. The van der Waals surface area contributed by atoms with Crippen molar-refractivity contribution >= 4 is 34.8 Å². The first kappa shape index (κ1) is 32.2. The number of carboxylic acids is 1. The van der Waals surface area contributed by atoms with E-state index in [1.165, 1.54) is 6.07 Å². The standard InChI is InChI=1S/C32H38N4O8/c1-2-3-18-43-32(41)36-16-14-35(15-17-36)31(40)26(13-19-42-21-23-9-5-4-6-10-23)34-30(39)27-20-28(44-22-29(37)38)24-11-7-8-12-25(24)33-27/h4-12,20,26H,2-3,13-19,21-22H2,1H3,(H,34,39)(H,37,38). The quantitative estimate of drug-likeness (QED) is 0.263. The molecule has 1 aromatic heterocycles. The molecular weight excluding hydrogens is 568 g/mol. The number of rotatable bonds is 14. The first-order valence-electron chi connectivity index (χ1n) is 14.7. The number of carboxylic acid groups (broad SMARTS) is 1. The minimum atomic E-state index is -1.16. The highest BCUT2D eigenvalue weighted by Crippen LogP contribution is 2.25. The molecule has 1 unspecified atom stereocenters. The van der Waals surface area contributed by atoms with Gasteiger partial charge in [-0.25, -0.2) is 14.6 Å². The highest BCUT2D eigenvalue weighted by molar-refractivity contribution is 5.99. The number of aromatic nitrogens is 1. The Morgan fingerprint density at radius 2 is 1.66 bits per heavy atom. The van der Waals surface area contributed by atoms with Crippen LogP contribution in [0.1, 0.15) is 42.2 Å². The van der Waals surface area contributed by atoms with Crippen LogP contribution in [-0.4, -0.2) is 95.8 Å². The molecule has 1 aliphatic rings. The van der Waals surface area contributed by atoms with Gasteiger partial charge in [-0.1, -0.05) is 55.8 Å². The number of hydrogen-bond acceptors (Lipinski definition) is 8. The Hall–Kier alpha value is -4.71. The zero-order valence-electron chi connectivity index (χ0n) is 24.8. The monoisotopic (exact) mass is 606 g/mol. The van der Waals surface area contributed by atoms with E-state index in [4.69, 9.17) is 19.3 Å². The third-order valence-electron chi connectivity index (χ3n) is 7.10. The van der Waals surface area contributed by atoms with Crippen LogP contribution in [-0.2, 0) is 25.7 Å². The van der Waals surface area contributed by atoms with E-state index < -0.39 is 30.6 Å². The van der Waals surface area contributed by atoms with E-state index in [0.717, 1.165) is 18.4 Å². The van der Waals surface area contributed by atoms with Crippen LogP contribution in [0.15, 0.2) is 60.7 Å². The lowest BCUT2D eigenvalue weighted by Crippen LogP contribution is -2.56. The topological polar surface area (TPSA) is 148 Å². The van der Waals surface area contributed by atoms with Gasteiger partial charge in [0, 0.05) is 44.2 Å². The van der Waals surface area contributed by atoms with Gasteiger partial charge in [0.15, 0.2) is 6.61 Å². The summed E-state index contributed by atoms with van der Waals surface area (Å²) >= 11 is 0. The highest BCUT2D eigenvalue weighted by atomic mass is 16.6. The highest BCUT2D eigenvalue weighted by Gasteiger charge is 2.31. The molecule has 0 aliphatic carbocycles. The molecule has 1 saturated heterocycles. The normalized spacial score (nSPS) is 13.8. The lowest BCUT2D eigenvalue weighted by Gasteiger charge is -2.36. The number of carbonyl (C=O) groups excluding carboxylic acids is 3. The summed E-state index contributed by atoms with van der Waals surface area (Å²) in [5.41, 5.74) is 1.40.